The van der Waals surface area contributed by atoms with E-state index in [1.807, 2.05) is 26.0 Å². The summed E-state index contributed by atoms with van der Waals surface area (Å²) in [5, 5.41) is 13.7. The Kier molecular flexibility index (Phi) is 5.76. The maximum Gasteiger partial charge on any atom is 0.241 e. The van der Waals surface area contributed by atoms with Crippen LogP contribution >= 0.6 is 0 Å². The van der Waals surface area contributed by atoms with Gasteiger partial charge in [0.25, 0.3) is 0 Å². The van der Waals surface area contributed by atoms with Crippen LogP contribution in [-0.2, 0) is 17.9 Å². The highest BCUT2D eigenvalue weighted by Crippen LogP contribution is 2.39. The zero-order chi connectivity index (χ0) is 21.1. The summed E-state index contributed by atoms with van der Waals surface area (Å²) in [6.07, 6.45) is 2.07. The molecule has 0 spiro atoms. The van der Waals surface area contributed by atoms with E-state index in [0.29, 0.717) is 19.1 Å². The van der Waals surface area contributed by atoms with Gasteiger partial charge in [0.05, 0.1) is 0 Å². The summed E-state index contributed by atoms with van der Waals surface area (Å²) in [6, 6.07) is 6.10. The molecule has 2 aromatic rings. The lowest BCUT2D eigenvalue weighted by atomic mass is 9.96. The van der Waals surface area contributed by atoms with Crippen LogP contribution < -0.4 is 20.5 Å². The highest BCUT2D eigenvalue weighted by molar-refractivity contribution is 5.75. The van der Waals surface area contributed by atoms with Gasteiger partial charge in [0, 0.05) is 18.7 Å². The average molecular weight is 415 g/mol. The van der Waals surface area contributed by atoms with Crippen molar-refractivity contribution in [2.75, 3.05) is 32.0 Å². The smallest absolute Gasteiger partial charge is 0.241 e. The molecule has 10 heteroatoms. The van der Waals surface area contributed by atoms with Crippen molar-refractivity contribution < 1.29 is 14.3 Å². The molecule has 3 heterocycles. The third-order valence-electron chi connectivity index (χ3n) is 5.56. The molecule has 162 valence electrons. The van der Waals surface area contributed by atoms with E-state index in [1.165, 1.54) is 4.68 Å². The number of piperidine rings is 1. The summed E-state index contributed by atoms with van der Waals surface area (Å²) in [6.45, 7) is 8.12. The first-order chi connectivity index (χ1) is 14.4. The fourth-order valence-electron chi connectivity index (χ4n) is 3.84. The molecule has 4 rings (SSSR count). The standard InChI is InChI=1S/C20H29N7O3/c1-20(2)13-29-16-5-3-4-15(18(16)30-20)11-26-8-6-14(7-9-26)10-22-17(28)12-27-19(21)23-24-25-27/h3-5,14H,6-13H2,1-2H3,(H,22,28)(H2,21,23,25). The van der Waals surface area contributed by atoms with Crippen LogP contribution in [0.25, 0.3) is 0 Å². The molecule has 1 aromatic heterocycles. The van der Waals surface area contributed by atoms with Gasteiger partial charge in [-0.15, -0.1) is 0 Å². The van der Waals surface area contributed by atoms with Crippen molar-refractivity contribution in [1.82, 2.24) is 30.4 Å². The van der Waals surface area contributed by atoms with Gasteiger partial charge >= 0.3 is 0 Å². The van der Waals surface area contributed by atoms with Crippen LogP contribution in [0.1, 0.15) is 32.3 Å². The van der Waals surface area contributed by atoms with E-state index in [1.54, 1.807) is 0 Å². The molecule has 2 aliphatic rings. The number of tetrazole rings is 1. The number of benzene rings is 1. The number of rotatable bonds is 6. The maximum absolute atomic E-state index is 12.1. The van der Waals surface area contributed by atoms with Gasteiger partial charge in [-0.05, 0) is 62.2 Å². The van der Waals surface area contributed by atoms with Gasteiger partial charge < -0.3 is 20.5 Å². The third-order valence-corrected chi connectivity index (χ3v) is 5.56. The van der Waals surface area contributed by atoms with E-state index in [2.05, 4.69) is 31.8 Å². The summed E-state index contributed by atoms with van der Waals surface area (Å²) < 4.78 is 13.4. The van der Waals surface area contributed by atoms with Gasteiger partial charge in [-0.25, -0.2) is 4.68 Å². The minimum Gasteiger partial charge on any atom is -0.486 e. The SMILES string of the molecule is CC1(C)COc2cccc(CN3CCC(CNC(=O)Cn4nnnc4N)CC3)c2O1. The lowest BCUT2D eigenvalue weighted by Crippen LogP contribution is -2.40. The predicted molar refractivity (Wildman–Crippen MR) is 110 cm³/mol. The molecule has 1 fully saturated rings. The Labute approximate surface area is 175 Å². The number of nitrogen functional groups attached to an aromatic ring is 1. The summed E-state index contributed by atoms with van der Waals surface area (Å²) in [4.78, 5) is 14.5. The van der Waals surface area contributed by atoms with Crippen LogP contribution in [0, 0.1) is 5.92 Å². The zero-order valence-electron chi connectivity index (χ0n) is 17.5. The van der Waals surface area contributed by atoms with Crippen LogP contribution in [-0.4, -0.2) is 62.9 Å². The van der Waals surface area contributed by atoms with Gasteiger partial charge in [0.2, 0.25) is 11.9 Å². The first kappa shape index (κ1) is 20.4. The minimum atomic E-state index is -0.318. The van der Waals surface area contributed by atoms with Crippen molar-refractivity contribution in [2.45, 2.75) is 45.4 Å². The lowest BCUT2D eigenvalue weighted by molar-refractivity contribution is -0.122. The number of hydrogen-bond acceptors (Lipinski definition) is 8. The Morgan fingerprint density at radius 1 is 1.33 bits per heavy atom. The van der Waals surface area contributed by atoms with Crippen LogP contribution in [0.15, 0.2) is 18.2 Å². The Bertz CT molecular complexity index is 890. The largest absolute Gasteiger partial charge is 0.486 e. The van der Waals surface area contributed by atoms with Crippen LogP contribution in [0.2, 0.25) is 0 Å². The van der Waals surface area contributed by atoms with Gasteiger partial charge in [-0.3, -0.25) is 9.69 Å². The van der Waals surface area contributed by atoms with E-state index in [-0.39, 0.29) is 24.0 Å². The molecule has 1 amide bonds. The first-order valence-electron chi connectivity index (χ1n) is 10.3. The summed E-state index contributed by atoms with van der Waals surface area (Å²) in [7, 11) is 0. The van der Waals surface area contributed by atoms with E-state index in [9.17, 15) is 4.79 Å². The van der Waals surface area contributed by atoms with Gasteiger partial charge in [-0.2, -0.15) is 0 Å². The number of nitrogens with two attached hydrogens (primary N) is 1. The molecule has 30 heavy (non-hydrogen) atoms. The Morgan fingerprint density at radius 2 is 2.13 bits per heavy atom. The third kappa shape index (κ3) is 4.81. The summed E-state index contributed by atoms with van der Waals surface area (Å²) in [5.41, 5.74) is 6.43. The van der Waals surface area contributed by atoms with E-state index < -0.39 is 0 Å². The van der Waals surface area contributed by atoms with Crippen LogP contribution in [0.4, 0.5) is 5.95 Å². The molecule has 0 unspecified atom stereocenters. The van der Waals surface area contributed by atoms with Crippen molar-refractivity contribution in [2.24, 2.45) is 5.92 Å². The van der Waals surface area contributed by atoms with Crippen molar-refractivity contribution in [3.05, 3.63) is 23.8 Å². The van der Waals surface area contributed by atoms with E-state index >= 15 is 0 Å². The Morgan fingerprint density at radius 3 is 2.87 bits per heavy atom. The van der Waals surface area contributed by atoms with Crippen molar-refractivity contribution >= 4 is 11.9 Å². The van der Waals surface area contributed by atoms with Crippen molar-refractivity contribution in [1.29, 1.82) is 0 Å². The zero-order valence-corrected chi connectivity index (χ0v) is 17.5. The number of nitrogens with one attached hydrogen (secondary N) is 1. The summed E-state index contributed by atoms with van der Waals surface area (Å²) in [5.74, 6) is 2.16. The predicted octanol–water partition coefficient (Wildman–Crippen LogP) is 0.834. The lowest BCUT2D eigenvalue weighted by Gasteiger charge is -2.36. The fraction of sp³-hybridized carbons (Fsp3) is 0.600. The molecule has 10 nitrogen and oxygen atoms in total. The number of carbonyl (C=O) groups excluding carboxylic acids is 1. The average Bonchev–Trinajstić information content (AvgIpc) is 3.12. The number of likely N-dealkylation sites (tertiary alicyclic amines) is 1. The molecule has 0 saturated carbocycles. The minimum absolute atomic E-state index is 0.0369. The van der Waals surface area contributed by atoms with Gasteiger partial charge in [-0.1, -0.05) is 17.2 Å². The molecule has 1 saturated heterocycles. The normalized spacial score (nSPS) is 18.9. The first-order valence-corrected chi connectivity index (χ1v) is 10.3. The highest BCUT2D eigenvalue weighted by Gasteiger charge is 2.30. The monoisotopic (exact) mass is 415 g/mol. The fourth-order valence-corrected chi connectivity index (χ4v) is 3.84. The second kappa shape index (κ2) is 8.47. The number of nitrogens with zero attached hydrogens (tertiary/aromatic N) is 5. The number of amides is 1. The number of fused-ring (bicyclic) bond motifs is 1. The van der Waals surface area contributed by atoms with E-state index in [4.69, 9.17) is 15.2 Å². The molecule has 3 N–H and O–H groups in total. The Balaban J connectivity index is 1.25. The molecule has 0 bridgehead atoms. The number of hydrogen-bond donors (Lipinski definition) is 2. The number of aromatic nitrogens is 4. The number of para-hydroxylation sites is 1. The summed E-state index contributed by atoms with van der Waals surface area (Å²) >= 11 is 0. The van der Waals surface area contributed by atoms with Crippen molar-refractivity contribution in [3.63, 3.8) is 0 Å². The molecular formula is C20H29N7O3. The molecule has 0 aliphatic carbocycles. The molecular weight excluding hydrogens is 386 g/mol. The highest BCUT2D eigenvalue weighted by atomic mass is 16.6. The quantitative estimate of drug-likeness (QED) is 0.712. The topological polar surface area (TPSA) is 120 Å². The number of carbonyl (C=O) groups is 1. The Hall–Kier alpha value is -2.88. The van der Waals surface area contributed by atoms with Gasteiger partial charge in [0.1, 0.15) is 18.8 Å². The second-order valence-electron chi connectivity index (χ2n) is 8.61. The van der Waals surface area contributed by atoms with Crippen LogP contribution in [0.3, 0.4) is 0 Å². The molecule has 1 aromatic carbocycles. The molecule has 2 aliphatic heterocycles. The van der Waals surface area contributed by atoms with Gasteiger partial charge in [0.15, 0.2) is 11.5 Å². The second-order valence-corrected chi connectivity index (χ2v) is 8.61. The van der Waals surface area contributed by atoms with Crippen molar-refractivity contribution in [3.8, 4) is 11.5 Å². The number of ether oxygens (including phenoxy) is 2. The maximum atomic E-state index is 12.1. The molecule has 0 atom stereocenters. The number of anilines is 1. The molecule has 0 radical (unpaired) electrons. The van der Waals surface area contributed by atoms with E-state index in [0.717, 1.165) is 49.5 Å². The van der Waals surface area contributed by atoms with Crippen LogP contribution in [0.5, 0.6) is 11.5 Å².